The first-order chi connectivity index (χ1) is 13.0. The van der Waals surface area contributed by atoms with Gasteiger partial charge in [-0.25, -0.2) is 10.0 Å². The molecule has 1 N–H and O–H groups in total. The Labute approximate surface area is 163 Å². The Morgan fingerprint density at radius 1 is 1.19 bits per heavy atom. The summed E-state index contributed by atoms with van der Waals surface area (Å²) < 4.78 is 0. The molecule has 1 aliphatic rings. The average Bonchev–Trinajstić information content (AvgIpc) is 2.69. The van der Waals surface area contributed by atoms with Crippen molar-refractivity contribution in [3.05, 3.63) is 65.2 Å². The fraction of sp³-hybridized carbons (Fsp3) is 0.250. The Hall–Kier alpha value is -2.86. The molecule has 0 saturated heterocycles. The zero-order chi connectivity index (χ0) is 19.4. The first-order valence-corrected chi connectivity index (χ1v) is 9.15. The third-order valence-corrected chi connectivity index (χ3v) is 4.69. The van der Waals surface area contributed by atoms with Crippen molar-refractivity contribution in [3.63, 3.8) is 0 Å². The van der Waals surface area contributed by atoms with Crippen molar-refractivity contribution in [2.75, 3.05) is 11.6 Å². The van der Waals surface area contributed by atoms with Crippen LogP contribution in [0.2, 0.25) is 5.02 Å². The Kier molecular flexibility index (Phi) is 5.76. The number of hydrogen-bond donors (Lipinski definition) is 1. The van der Waals surface area contributed by atoms with Gasteiger partial charge in [-0.2, -0.15) is 0 Å². The largest absolute Gasteiger partial charge is 0.332 e. The molecule has 0 fully saturated rings. The highest BCUT2D eigenvalue weighted by Crippen LogP contribution is 2.19. The normalized spacial score (nSPS) is 16.6. The SMILES string of the molecule is CCN(Cc1ccccc1Cl)C(=O)C1=NC(C)C(=O)N(c2ccccc2)N1. The zero-order valence-electron chi connectivity index (χ0n) is 15.2. The predicted octanol–water partition coefficient (Wildman–Crippen LogP) is 3.03. The monoisotopic (exact) mass is 384 g/mol. The maximum atomic E-state index is 13.0. The van der Waals surface area contributed by atoms with Crippen molar-refractivity contribution in [2.45, 2.75) is 26.4 Å². The molecule has 1 atom stereocenters. The number of amidine groups is 1. The molecule has 0 spiro atoms. The highest BCUT2D eigenvalue weighted by molar-refractivity contribution is 6.39. The van der Waals surface area contributed by atoms with E-state index in [0.717, 1.165) is 5.56 Å². The summed E-state index contributed by atoms with van der Waals surface area (Å²) in [6.45, 7) is 4.42. The molecule has 0 radical (unpaired) electrons. The van der Waals surface area contributed by atoms with Crippen LogP contribution in [-0.4, -0.2) is 35.1 Å². The number of rotatable bonds is 5. The van der Waals surface area contributed by atoms with Crippen molar-refractivity contribution in [2.24, 2.45) is 4.99 Å². The highest BCUT2D eigenvalue weighted by atomic mass is 35.5. The number of nitrogens with zero attached hydrogens (tertiary/aromatic N) is 3. The summed E-state index contributed by atoms with van der Waals surface area (Å²) in [4.78, 5) is 31.4. The number of hydrazine groups is 1. The summed E-state index contributed by atoms with van der Waals surface area (Å²) in [6, 6.07) is 15.9. The molecule has 2 aromatic rings. The molecule has 27 heavy (non-hydrogen) atoms. The second kappa shape index (κ2) is 8.22. The van der Waals surface area contributed by atoms with Crippen LogP contribution in [0.5, 0.6) is 0 Å². The molecule has 0 aromatic heterocycles. The number of amides is 2. The average molecular weight is 385 g/mol. The number of carbonyl (C=O) groups excluding carboxylic acids is 2. The first-order valence-electron chi connectivity index (χ1n) is 8.77. The quantitative estimate of drug-likeness (QED) is 0.861. The third kappa shape index (κ3) is 4.11. The van der Waals surface area contributed by atoms with Crippen molar-refractivity contribution in [3.8, 4) is 0 Å². The van der Waals surface area contributed by atoms with Gasteiger partial charge in [-0.1, -0.05) is 48.0 Å². The molecule has 1 unspecified atom stereocenters. The first kappa shape index (κ1) is 18.9. The van der Waals surface area contributed by atoms with Gasteiger partial charge in [0.05, 0.1) is 5.69 Å². The lowest BCUT2D eigenvalue weighted by Crippen LogP contribution is -2.58. The van der Waals surface area contributed by atoms with Gasteiger partial charge in [0.25, 0.3) is 11.8 Å². The fourth-order valence-electron chi connectivity index (χ4n) is 2.81. The maximum absolute atomic E-state index is 13.0. The van der Waals surface area contributed by atoms with E-state index in [4.69, 9.17) is 11.6 Å². The van der Waals surface area contributed by atoms with Gasteiger partial charge < -0.3 is 4.90 Å². The highest BCUT2D eigenvalue weighted by Gasteiger charge is 2.32. The number of para-hydroxylation sites is 1. The number of halogens is 1. The van der Waals surface area contributed by atoms with Crippen LogP contribution in [0, 0.1) is 0 Å². The fourth-order valence-corrected chi connectivity index (χ4v) is 3.00. The number of likely N-dealkylation sites (N-methyl/N-ethyl adjacent to an activating group) is 1. The van der Waals surface area contributed by atoms with Gasteiger partial charge in [0.2, 0.25) is 5.84 Å². The summed E-state index contributed by atoms with van der Waals surface area (Å²) in [7, 11) is 0. The van der Waals surface area contributed by atoms with Gasteiger partial charge in [0.1, 0.15) is 6.04 Å². The molecule has 3 rings (SSSR count). The smallest absolute Gasteiger partial charge is 0.291 e. The van der Waals surface area contributed by atoms with Gasteiger partial charge in [0, 0.05) is 18.1 Å². The lowest BCUT2D eigenvalue weighted by atomic mass is 10.2. The third-order valence-electron chi connectivity index (χ3n) is 4.32. The Morgan fingerprint density at radius 2 is 1.85 bits per heavy atom. The lowest BCUT2D eigenvalue weighted by Gasteiger charge is -2.32. The van der Waals surface area contributed by atoms with Crippen LogP contribution >= 0.6 is 11.6 Å². The van der Waals surface area contributed by atoms with Crippen LogP contribution in [-0.2, 0) is 16.1 Å². The molecule has 2 amide bonds. The van der Waals surface area contributed by atoms with Crippen molar-refractivity contribution >= 4 is 34.9 Å². The summed E-state index contributed by atoms with van der Waals surface area (Å²) >= 11 is 6.22. The van der Waals surface area contributed by atoms with Gasteiger partial charge in [0.15, 0.2) is 0 Å². The maximum Gasteiger partial charge on any atom is 0.291 e. The molecule has 0 bridgehead atoms. The molecule has 0 saturated carbocycles. The van der Waals surface area contributed by atoms with Crippen LogP contribution in [0.4, 0.5) is 5.69 Å². The number of carbonyl (C=O) groups is 2. The molecule has 6 nitrogen and oxygen atoms in total. The van der Waals surface area contributed by atoms with E-state index >= 15 is 0 Å². The van der Waals surface area contributed by atoms with Crippen molar-refractivity contribution < 1.29 is 9.59 Å². The zero-order valence-corrected chi connectivity index (χ0v) is 16.0. The van der Waals surface area contributed by atoms with Crippen LogP contribution in [0.15, 0.2) is 59.6 Å². The molecule has 0 aliphatic carbocycles. The van der Waals surface area contributed by atoms with E-state index in [1.54, 1.807) is 30.0 Å². The minimum atomic E-state index is -0.649. The summed E-state index contributed by atoms with van der Waals surface area (Å²) in [6.07, 6.45) is 0. The summed E-state index contributed by atoms with van der Waals surface area (Å²) in [5.41, 5.74) is 4.39. The van der Waals surface area contributed by atoms with E-state index < -0.39 is 6.04 Å². The van der Waals surface area contributed by atoms with Crippen LogP contribution in [0.1, 0.15) is 19.4 Å². The van der Waals surface area contributed by atoms with E-state index in [-0.39, 0.29) is 17.6 Å². The Balaban J connectivity index is 1.83. The molecular weight excluding hydrogens is 364 g/mol. The lowest BCUT2D eigenvalue weighted by molar-refractivity contribution is -0.125. The number of aliphatic imine (C=N–C) groups is 1. The number of hydrogen-bond acceptors (Lipinski definition) is 4. The van der Waals surface area contributed by atoms with Gasteiger partial charge in [-0.05, 0) is 37.6 Å². The number of benzene rings is 2. The van der Waals surface area contributed by atoms with E-state index in [0.29, 0.717) is 23.8 Å². The topological polar surface area (TPSA) is 65.0 Å². The van der Waals surface area contributed by atoms with E-state index in [9.17, 15) is 9.59 Å². The number of nitrogens with one attached hydrogen (secondary N) is 1. The number of anilines is 1. The van der Waals surface area contributed by atoms with Crippen LogP contribution < -0.4 is 10.4 Å². The summed E-state index contributed by atoms with van der Waals surface area (Å²) in [5, 5.41) is 1.98. The minimum Gasteiger partial charge on any atom is -0.332 e. The Morgan fingerprint density at radius 3 is 2.52 bits per heavy atom. The second-order valence-electron chi connectivity index (χ2n) is 6.19. The molecular formula is C20H21ClN4O2. The summed E-state index contributed by atoms with van der Waals surface area (Å²) in [5.74, 6) is -0.357. The van der Waals surface area contributed by atoms with E-state index in [1.807, 2.05) is 43.3 Å². The minimum absolute atomic E-state index is 0.139. The van der Waals surface area contributed by atoms with Crippen LogP contribution in [0.25, 0.3) is 0 Å². The van der Waals surface area contributed by atoms with E-state index in [1.165, 1.54) is 5.01 Å². The van der Waals surface area contributed by atoms with Gasteiger partial charge in [-0.3, -0.25) is 15.0 Å². The van der Waals surface area contributed by atoms with E-state index in [2.05, 4.69) is 10.4 Å². The van der Waals surface area contributed by atoms with Gasteiger partial charge in [-0.15, -0.1) is 0 Å². The molecule has 1 aliphatic heterocycles. The van der Waals surface area contributed by atoms with Crippen molar-refractivity contribution in [1.82, 2.24) is 10.3 Å². The molecule has 2 aromatic carbocycles. The standard InChI is InChI=1S/C20H21ClN4O2/c1-3-24(13-15-9-7-8-12-17(15)21)20(27)18-22-14(2)19(26)25(23-18)16-10-5-4-6-11-16/h4-12,14H,3,13H2,1-2H3,(H,22,23). The van der Waals surface area contributed by atoms with Crippen LogP contribution in [0.3, 0.4) is 0 Å². The Bertz CT molecular complexity index is 869. The van der Waals surface area contributed by atoms with Gasteiger partial charge >= 0.3 is 0 Å². The molecule has 1 heterocycles. The predicted molar refractivity (Wildman–Crippen MR) is 107 cm³/mol. The second-order valence-corrected chi connectivity index (χ2v) is 6.59. The molecule has 140 valence electrons. The molecule has 7 heteroatoms. The van der Waals surface area contributed by atoms with Crippen molar-refractivity contribution in [1.29, 1.82) is 0 Å².